The Hall–Kier alpha value is -1.79. The van der Waals surface area contributed by atoms with E-state index < -0.39 is 12.0 Å². The van der Waals surface area contributed by atoms with Gasteiger partial charge in [-0.25, -0.2) is 9.97 Å². The molecule has 2 aromatic rings. The average Bonchev–Trinajstić information content (AvgIpc) is 2.56. The van der Waals surface area contributed by atoms with Gasteiger partial charge in [-0.05, 0) is 37.6 Å². The summed E-state index contributed by atoms with van der Waals surface area (Å²) in [5, 5.41) is 9.37. The van der Waals surface area contributed by atoms with Crippen molar-refractivity contribution in [3.63, 3.8) is 0 Å². The Morgan fingerprint density at radius 3 is 2.78 bits per heavy atom. The number of hydrogen-bond acceptors (Lipinski definition) is 4. The summed E-state index contributed by atoms with van der Waals surface area (Å²) < 4.78 is 1.01. The van der Waals surface area contributed by atoms with E-state index in [9.17, 15) is 9.90 Å². The van der Waals surface area contributed by atoms with Gasteiger partial charge in [0.15, 0.2) is 5.82 Å². The number of nitrogens with zero attached hydrogens (tertiary/aromatic N) is 3. The van der Waals surface area contributed by atoms with Crippen LogP contribution in [0.15, 0.2) is 41.0 Å². The average molecular weight is 376 g/mol. The zero-order valence-corrected chi connectivity index (χ0v) is 14.2. The van der Waals surface area contributed by atoms with Crippen LogP contribution in [0.1, 0.15) is 25.0 Å². The number of carboxylic acid groups (broad SMARTS) is 1. The van der Waals surface area contributed by atoms with Gasteiger partial charge in [-0.1, -0.05) is 34.5 Å². The normalized spacial score (nSPS) is 18.7. The van der Waals surface area contributed by atoms with Crippen LogP contribution >= 0.6 is 15.9 Å². The molecule has 6 heteroatoms. The Morgan fingerprint density at radius 1 is 1.26 bits per heavy atom. The summed E-state index contributed by atoms with van der Waals surface area (Å²) in [6.07, 6.45) is 4.45. The summed E-state index contributed by atoms with van der Waals surface area (Å²) in [4.78, 5) is 22.3. The molecule has 23 heavy (non-hydrogen) atoms. The maximum atomic E-state index is 11.4. The van der Waals surface area contributed by atoms with Crippen LogP contribution in [0.3, 0.4) is 0 Å². The van der Waals surface area contributed by atoms with Gasteiger partial charge < -0.3 is 5.11 Å². The molecule has 0 saturated carbocycles. The lowest BCUT2D eigenvalue weighted by Gasteiger charge is -2.32. The molecule has 0 aliphatic carbocycles. The summed E-state index contributed by atoms with van der Waals surface area (Å²) in [7, 11) is 0. The molecule has 0 radical (unpaired) electrons. The molecule has 1 aliphatic rings. The molecule has 0 spiro atoms. The van der Waals surface area contributed by atoms with Crippen LogP contribution in [-0.2, 0) is 11.3 Å². The molecule has 1 N–H and O–H groups in total. The first kappa shape index (κ1) is 16.1. The monoisotopic (exact) mass is 375 g/mol. The Bertz CT molecular complexity index is 690. The van der Waals surface area contributed by atoms with Crippen molar-refractivity contribution in [2.45, 2.75) is 31.8 Å². The summed E-state index contributed by atoms with van der Waals surface area (Å²) in [5.74, 6) is -0.0780. The zero-order chi connectivity index (χ0) is 16.2. The molecule has 0 bridgehead atoms. The minimum Gasteiger partial charge on any atom is -0.480 e. The van der Waals surface area contributed by atoms with Gasteiger partial charge in [0.1, 0.15) is 6.04 Å². The number of aliphatic carboxylic acids is 1. The molecule has 1 unspecified atom stereocenters. The van der Waals surface area contributed by atoms with Crippen LogP contribution in [0.25, 0.3) is 11.4 Å². The van der Waals surface area contributed by atoms with Gasteiger partial charge in [-0.15, -0.1) is 0 Å². The summed E-state index contributed by atoms with van der Waals surface area (Å²) in [6.45, 7) is 1.34. The highest BCUT2D eigenvalue weighted by atomic mass is 79.9. The summed E-state index contributed by atoms with van der Waals surface area (Å²) in [6, 6.07) is 9.28. The largest absolute Gasteiger partial charge is 0.480 e. The van der Waals surface area contributed by atoms with Crippen LogP contribution in [-0.4, -0.2) is 38.5 Å². The molecule has 1 saturated heterocycles. The predicted molar refractivity (Wildman–Crippen MR) is 90.9 cm³/mol. The Labute approximate surface area is 143 Å². The third kappa shape index (κ3) is 3.95. The Balaban J connectivity index is 1.79. The highest BCUT2D eigenvalue weighted by Gasteiger charge is 2.28. The SMILES string of the molecule is O=C(O)C1CCCCN1Cc1ccnc(-c2ccc(Br)cc2)n1. The van der Waals surface area contributed by atoms with Crippen LogP contribution in [0.5, 0.6) is 0 Å². The molecule has 0 amide bonds. The molecule has 2 heterocycles. The highest BCUT2D eigenvalue weighted by Crippen LogP contribution is 2.21. The standard InChI is InChI=1S/C17H18BrN3O2/c18-13-6-4-12(5-7-13)16-19-9-8-14(20-16)11-21-10-2-1-3-15(21)17(22)23/h4-9,15H,1-3,10-11H2,(H,22,23). The lowest BCUT2D eigenvalue weighted by Crippen LogP contribution is -2.44. The second-order valence-corrected chi connectivity index (χ2v) is 6.61. The van der Waals surface area contributed by atoms with Gasteiger partial charge >= 0.3 is 5.97 Å². The van der Waals surface area contributed by atoms with Gasteiger partial charge in [0.2, 0.25) is 0 Å². The van der Waals surface area contributed by atoms with Gasteiger partial charge in [0.05, 0.1) is 5.69 Å². The van der Waals surface area contributed by atoms with E-state index in [2.05, 4.69) is 25.9 Å². The van der Waals surface area contributed by atoms with E-state index in [0.29, 0.717) is 18.8 Å². The molecule has 3 rings (SSSR count). The van der Waals surface area contributed by atoms with E-state index in [1.165, 1.54) is 0 Å². The fourth-order valence-electron chi connectivity index (χ4n) is 2.89. The van der Waals surface area contributed by atoms with Crippen molar-refractivity contribution in [3.8, 4) is 11.4 Å². The number of rotatable bonds is 4. The molecule has 1 aromatic heterocycles. The second kappa shape index (κ2) is 7.19. The van der Waals surface area contributed by atoms with Gasteiger partial charge in [-0.2, -0.15) is 0 Å². The lowest BCUT2D eigenvalue weighted by molar-refractivity contribution is -0.144. The summed E-state index contributed by atoms with van der Waals surface area (Å²) >= 11 is 3.42. The van der Waals surface area contributed by atoms with E-state index in [1.807, 2.05) is 35.2 Å². The van der Waals surface area contributed by atoms with Crippen LogP contribution < -0.4 is 0 Å². The van der Waals surface area contributed by atoms with Gasteiger partial charge in [0.25, 0.3) is 0 Å². The molecular formula is C17H18BrN3O2. The fraction of sp³-hybridized carbons (Fsp3) is 0.353. The van der Waals surface area contributed by atoms with Crippen molar-refractivity contribution in [1.82, 2.24) is 14.9 Å². The summed E-state index contributed by atoms with van der Waals surface area (Å²) in [5.41, 5.74) is 1.80. The van der Waals surface area contributed by atoms with Crippen molar-refractivity contribution in [3.05, 3.63) is 46.7 Å². The minimum absolute atomic E-state index is 0.408. The third-order valence-corrected chi connectivity index (χ3v) is 4.61. The predicted octanol–water partition coefficient (Wildman–Crippen LogP) is 3.35. The molecule has 1 fully saturated rings. The van der Waals surface area contributed by atoms with Gasteiger partial charge in [0, 0.05) is 22.8 Å². The number of hydrogen-bond donors (Lipinski definition) is 1. The topological polar surface area (TPSA) is 66.3 Å². The Kier molecular flexibility index (Phi) is 5.03. The number of carbonyl (C=O) groups is 1. The number of likely N-dealkylation sites (tertiary alicyclic amines) is 1. The third-order valence-electron chi connectivity index (χ3n) is 4.08. The highest BCUT2D eigenvalue weighted by molar-refractivity contribution is 9.10. The first-order valence-corrected chi connectivity index (χ1v) is 8.47. The first-order valence-electron chi connectivity index (χ1n) is 7.68. The molecule has 1 aliphatic heterocycles. The van der Waals surface area contributed by atoms with E-state index in [0.717, 1.165) is 35.1 Å². The number of benzene rings is 1. The number of piperidine rings is 1. The lowest BCUT2D eigenvalue weighted by atomic mass is 10.0. The van der Waals surface area contributed by atoms with Crippen LogP contribution in [0.2, 0.25) is 0 Å². The van der Waals surface area contributed by atoms with Crippen LogP contribution in [0.4, 0.5) is 0 Å². The van der Waals surface area contributed by atoms with E-state index >= 15 is 0 Å². The molecular weight excluding hydrogens is 358 g/mol. The number of halogens is 1. The Morgan fingerprint density at radius 2 is 2.04 bits per heavy atom. The van der Waals surface area contributed by atoms with Gasteiger partial charge in [-0.3, -0.25) is 9.69 Å². The zero-order valence-electron chi connectivity index (χ0n) is 12.7. The van der Waals surface area contributed by atoms with Crippen LogP contribution in [0, 0.1) is 0 Å². The maximum Gasteiger partial charge on any atom is 0.320 e. The molecule has 5 nitrogen and oxygen atoms in total. The van der Waals surface area contributed by atoms with Crippen molar-refractivity contribution in [2.75, 3.05) is 6.54 Å². The van der Waals surface area contributed by atoms with Crippen molar-refractivity contribution in [2.24, 2.45) is 0 Å². The maximum absolute atomic E-state index is 11.4. The number of aromatic nitrogens is 2. The molecule has 1 aromatic carbocycles. The van der Waals surface area contributed by atoms with E-state index in [-0.39, 0.29) is 0 Å². The van der Waals surface area contributed by atoms with E-state index in [1.54, 1.807) is 6.20 Å². The molecule has 1 atom stereocenters. The second-order valence-electron chi connectivity index (χ2n) is 5.70. The van der Waals surface area contributed by atoms with Crippen molar-refractivity contribution in [1.29, 1.82) is 0 Å². The quantitative estimate of drug-likeness (QED) is 0.887. The molecule has 120 valence electrons. The smallest absolute Gasteiger partial charge is 0.320 e. The minimum atomic E-state index is -0.744. The van der Waals surface area contributed by atoms with E-state index in [4.69, 9.17) is 0 Å². The fourth-order valence-corrected chi connectivity index (χ4v) is 3.15. The van der Waals surface area contributed by atoms with Crippen molar-refractivity contribution < 1.29 is 9.90 Å². The van der Waals surface area contributed by atoms with Crippen molar-refractivity contribution >= 4 is 21.9 Å². The number of carboxylic acids is 1. The first-order chi connectivity index (χ1) is 11.1.